The molecular weight excluding hydrogens is 392 g/mol. The number of benzene rings is 2. The Hall–Kier alpha value is -3.16. The van der Waals surface area contributed by atoms with E-state index in [-0.39, 0.29) is 6.54 Å². The maximum Gasteiger partial charge on any atom is 0.314 e. The summed E-state index contributed by atoms with van der Waals surface area (Å²) in [5.41, 5.74) is 3.02. The summed E-state index contributed by atoms with van der Waals surface area (Å²) in [5, 5.41) is 19.9. The maximum atomic E-state index is 12.3. The predicted octanol–water partition coefficient (Wildman–Crippen LogP) is 2.93. The average molecular weight is 413 g/mol. The summed E-state index contributed by atoms with van der Waals surface area (Å²) >= 11 is 6.03. The fourth-order valence-corrected chi connectivity index (χ4v) is 3.03. The van der Waals surface area contributed by atoms with Crippen molar-refractivity contribution >= 4 is 29.2 Å². The summed E-state index contributed by atoms with van der Waals surface area (Å²) in [6.07, 6.45) is -1.03. The third-order valence-corrected chi connectivity index (χ3v) is 4.62. The van der Waals surface area contributed by atoms with Gasteiger partial charge in [-0.3, -0.25) is 9.59 Å². The fourth-order valence-electron chi connectivity index (χ4n) is 2.77. The number of halogens is 1. The molecule has 1 aromatic heterocycles. The van der Waals surface area contributed by atoms with Crippen molar-refractivity contribution in [3.63, 3.8) is 0 Å². The summed E-state index contributed by atoms with van der Waals surface area (Å²) in [5.74, 6) is -1.35. The highest BCUT2D eigenvalue weighted by atomic mass is 35.5. The van der Waals surface area contributed by atoms with E-state index in [1.54, 1.807) is 41.9 Å². The van der Waals surface area contributed by atoms with Gasteiger partial charge in [-0.25, -0.2) is 4.68 Å². The zero-order chi connectivity index (χ0) is 21.0. The number of aryl methyl sites for hydroxylation is 2. The monoisotopic (exact) mass is 412 g/mol. The molecule has 3 aromatic rings. The highest BCUT2D eigenvalue weighted by molar-refractivity contribution is 6.39. The summed E-state index contributed by atoms with van der Waals surface area (Å²) in [4.78, 5) is 24.5. The van der Waals surface area contributed by atoms with E-state index in [2.05, 4.69) is 15.7 Å². The second kappa shape index (κ2) is 8.89. The SMILES string of the molecule is Cc1ccc(-n2nc(C)cc2NC(=O)C(=O)NC[C@@H](O)c2ccccc2Cl)cc1. The van der Waals surface area contributed by atoms with Crippen LogP contribution in [-0.2, 0) is 9.59 Å². The Morgan fingerprint density at radius 2 is 1.79 bits per heavy atom. The Kier molecular flexibility index (Phi) is 6.31. The first kappa shape index (κ1) is 20.6. The van der Waals surface area contributed by atoms with Crippen LogP contribution in [0.25, 0.3) is 5.69 Å². The molecule has 3 rings (SSSR count). The lowest BCUT2D eigenvalue weighted by molar-refractivity contribution is -0.136. The quantitative estimate of drug-likeness (QED) is 0.561. The number of nitrogens with one attached hydrogen (secondary N) is 2. The minimum atomic E-state index is -1.03. The van der Waals surface area contributed by atoms with Crippen molar-refractivity contribution in [2.24, 2.45) is 0 Å². The second-order valence-electron chi connectivity index (χ2n) is 6.62. The van der Waals surface area contributed by atoms with Gasteiger partial charge >= 0.3 is 11.8 Å². The Balaban J connectivity index is 1.65. The maximum absolute atomic E-state index is 12.3. The summed E-state index contributed by atoms with van der Waals surface area (Å²) < 4.78 is 1.55. The van der Waals surface area contributed by atoms with E-state index in [9.17, 15) is 14.7 Å². The largest absolute Gasteiger partial charge is 0.387 e. The molecule has 0 aliphatic heterocycles. The van der Waals surface area contributed by atoms with Gasteiger partial charge in [-0.15, -0.1) is 0 Å². The molecule has 0 aliphatic carbocycles. The van der Waals surface area contributed by atoms with Crippen LogP contribution in [0.4, 0.5) is 5.82 Å². The van der Waals surface area contributed by atoms with Gasteiger partial charge < -0.3 is 15.7 Å². The van der Waals surface area contributed by atoms with E-state index < -0.39 is 17.9 Å². The van der Waals surface area contributed by atoms with Gasteiger partial charge in [0, 0.05) is 23.2 Å². The third-order valence-electron chi connectivity index (χ3n) is 4.28. The smallest absolute Gasteiger partial charge is 0.314 e. The van der Waals surface area contributed by atoms with Gasteiger partial charge in [-0.05, 0) is 32.0 Å². The molecule has 2 amide bonds. The summed E-state index contributed by atoms with van der Waals surface area (Å²) in [7, 11) is 0. The zero-order valence-corrected chi connectivity index (χ0v) is 16.8. The lowest BCUT2D eigenvalue weighted by atomic mass is 10.1. The van der Waals surface area contributed by atoms with Gasteiger partial charge in [0.25, 0.3) is 0 Å². The topological polar surface area (TPSA) is 96.2 Å². The van der Waals surface area contributed by atoms with Crippen molar-refractivity contribution < 1.29 is 14.7 Å². The van der Waals surface area contributed by atoms with Crippen LogP contribution in [0.2, 0.25) is 5.02 Å². The number of rotatable bonds is 5. The number of aliphatic hydroxyl groups is 1. The van der Waals surface area contributed by atoms with E-state index in [1.807, 2.05) is 31.2 Å². The van der Waals surface area contributed by atoms with E-state index >= 15 is 0 Å². The van der Waals surface area contributed by atoms with E-state index in [0.717, 1.165) is 11.3 Å². The van der Waals surface area contributed by atoms with Crippen molar-refractivity contribution in [2.75, 3.05) is 11.9 Å². The second-order valence-corrected chi connectivity index (χ2v) is 7.03. The average Bonchev–Trinajstić information content (AvgIpc) is 3.06. The van der Waals surface area contributed by atoms with Crippen LogP contribution in [0.5, 0.6) is 0 Å². The zero-order valence-electron chi connectivity index (χ0n) is 16.0. The molecule has 0 bridgehead atoms. The number of hydrogen-bond acceptors (Lipinski definition) is 4. The Labute approximate surface area is 173 Å². The molecule has 0 spiro atoms. The molecule has 0 radical (unpaired) electrons. The highest BCUT2D eigenvalue weighted by Crippen LogP contribution is 2.22. The molecular formula is C21H21ClN4O3. The number of aromatic nitrogens is 2. The number of anilines is 1. The number of amides is 2. The number of carbonyl (C=O) groups excluding carboxylic acids is 2. The number of nitrogens with zero attached hydrogens (tertiary/aromatic N) is 2. The van der Waals surface area contributed by atoms with Crippen LogP contribution in [0, 0.1) is 13.8 Å². The number of carbonyl (C=O) groups is 2. The van der Waals surface area contributed by atoms with Crippen LogP contribution in [0.15, 0.2) is 54.6 Å². The standard InChI is InChI=1S/C21H21ClN4O3/c1-13-7-9-15(10-8-13)26-19(11-14(2)25-26)24-21(29)20(28)23-12-18(27)16-5-3-4-6-17(16)22/h3-11,18,27H,12H2,1-2H3,(H,23,28)(H,24,29)/t18-/m1/s1. The van der Waals surface area contributed by atoms with Crippen molar-refractivity contribution in [3.05, 3.63) is 76.4 Å². The van der Waals surface area contributed by atoms with Gasteiger partial charge in [-0.2, -0.15) is 5.10 Å². The molecule has 2 aromatic carbocycles. The first-order chi connectivity index (χ1) is 13.8. The van der Waals surface area contributed by atoms with Crippen LogP contribution < -0.4 is 10.6 Å². The molecule has 0 unspecified atom stereocenters. The highest BCUT2D eigenvalue weighted by Gasteiger charge is 2.19. The molecule has 7 nitrogen and oxygen atoms in total. The normalized spacial score (nSPS) is 11.7. The molecule has 150 valence electrons. The van der Waals surface area contributed by atoms with Crippen LogP contribution in [0.3, 0.4) is 0 Å². The van der Waals surface area contributed by atoms with Crippen molar-refractivity contribution in [2.45, 2.75) is 20.0 Å². The van der Waals surface area contributed by atoms with Crippen LogP contribution >= 0.6 is 11.6 Å². The molecule has 0 aliphatic rings. The minimum absolute atomic E-state index is 0.147. The first-order valence-electron chi connectivity index (χ1n) is 9.00. The van der Waals surface area contributed by atoms with Gasteiger partial charge in [-0.1, -0.05) is 47.5 Å². The van der Waals surface area contributed by atoms with Crippen LogP contribution in [-0.4, -0.2) is 33.2 Å². The van der Waals surface area contributed by atoms with Gasteiger partial charge in [0.2, 0.25) is 0 Å². The molecule has 0 fully saturated rings. The molecule has 0 saturated carbocycles. The number of aliphatic hydroxyl groups excluding tert-OH is 1. The molecule has 3 N–H and O–H groups in total. The van der Waals surface area contributed by atoms with Crippen molar-refractivity contribution in [1.29, 1.82) is 0 Å². The fraction of sp³-hybridized carbons (Fsp3) is 0.190. The Morgan fingerprint density at radius 1 is 1.10 bits per heavy atom. The summed E-state index contributed by atoms with van der Waals surface area (Å²) in [6.45, 7) is 3.62. The third kappa shape index (κ3) is 5.01. The lowest BCUT2D eigenvalue weighted by Crippen LogP contribution is -2.38. The molecule has 29 heavy (non-hydrogen) atoms. The Bertz CT molecular complexity index is 1030. The molecule has 1 heterocycles. The van der Waals surface area contributed by atoms with E-state index in [0.29, 0.717) is 22.1 Å². The van der Waals surface area contributed by atoms with Gasteiger partial charge in [0.1, 0.15) is 5.82 Å². The lowest BCUT2D eigenvalue weighted by Gasteiger charge is -2.14. The molecule has 1 atom stereocenters. The first-order valence-corrected chi connectivity index (χ1v) is 9.38. The van der Waals surface area contributed by atoms with E-state index in [1.165, 1.54) is 0 Å². The Morgan fingerprint density at radius 3 is 2.48 bits per heavy atom. The minimum Gasteiger partial charge on any atom is -0.387 e. The van der Waals surface area contributed by atoms with Gasteiger partial charge in [0.05, 0.1) is 17.5 Å². The molecule has 0 saturated heterocycles. The summed E-state index contributed by atoms with van der Waals surface area (Å²) in [6, 6.07) is 16.0. The number of hydrogen-bond donors (Lipinski definition) is 3. The predicted molar refractivity (Wildman–Crippen MR) is 111 cm³/mol. The van der Waals surface area contributed by atoms with Gasteiger partial charge in [0.15, 0.2) is 0 Å². The van der Waals surface area contributed by atoms with Crippen molar-refractivity contribution in [3.8, 4) is 5.69 Å². The van der Waals surface area contributed by atoms with Crippen LogP contribution in [0.1, 0.15) is 22.9 Å². The van der Waals surface area contributed by atoms with E-state index in [4.69, 9.17) is 11.6 Å². The van der Waals surface area contributed by atoms with Crippen molar-refractivity contribution in [1.82, 2.24) is 15.1 Å². The molecule has 8 heteroatoms.